The van der Waals surface area contributed by atoms with Gasteiger partial charge in [-0.2, -0.15) is 0 Å². The van der Waals surface area contributed by atoms with E-state index in [2.05, 4.69) is 28.1 Å². The monoisotopic (exact) mass is 474 g/mol. The highest BCUT2D eigenvalue weighted by molar-refractivity contribution is 7.99. The molecule has 172 valence electrons. The van der Waals surface area contributed by atoms with E-state index in [1.807, 2.05) is 42.5 Å². The minimum absolute atomic E-state index is 0.0166. The molecule has 2 amide bonds. The normalized spacial score (nSPS) is 19.8. The predicted octanol–water partition coefficient (Wildman–Crippen LogP) is 2.74. The van der Waals surface area contributed by atoms with Crippen LogP contribution in [0.5, 0.6) is 0 Å². The van der Waals surface area contributed by atoms with E-state index in [1.54, 1.807) is 18.7 Å². The van der Waals surface area contributed by atoms with Crippen LogP contribution in [0.2, 0.25) is 5.02 Å². The molecule has 1 fully saturated rings. The maximum Gasteiger partial charge on any atom is 0.237 e. The Morgan fingerprint density at radius 3 is 2.59 bits per heavy atom. The first-order chi connectivity index (χ1) is 15.4. The lowest BCUT2D eigenvalue weighted by Gasteiger charge is -2.21. The van der Waals surface area contributed by atoms with Crippen molar-refractivity contribution in [1.82, 2.24) is 16.0 Å². The van der Waals surface area contributed by atoms with Crippen molar-refractivity contribution < 1.29 is 9.59 Å². The van der Waals surface area contributed by atoms with Crippen molar-refractivity contribution in [1.29, 1.82) is 0 Å². The largest absolute Gasteiger partial charge is 0.351 e. The summed E-state index contributed by atoms with van der Waals surface area (Å²) in [6.45, 7) is 2.21. The first-order valence-corrected chi connectivity index (χ1v) is 12.3. The maximum atomic E-state index is 13.0. The van der Waals surface area contributed by atoms with Crippen LogP contribution in [-0.2, 0) is 16.0 Å². The molecule has 1 aliphatic heterocycles. The van der Waals surface area contributed by atoms with Crippen molar-refractivity contribution in [3.05, 3.63) is 65.2 Å². The summed E-state index contributed by atoms with van der Waals surface area (Å²) in [5.41, 5.74) is 6.87. The van der Waals surface area contributed by atoms with Crippen LogP contribution < -0.4 is 21.7 Å². The van der Waals surface area contributed by atoms with E-state index in [9.17, 15) is 9.59 Å². The Hall–Kier alpha value is -2.06. The number of carbonyl (C=O) groups is 2. The van der Waals surface area contributed by atoms with Crippen LogP contribution in [0.3, 0.4) is 0 Å². The van der Waals surface area contributed by atoms with Gasteiger partial charge in [-0.1, -0.05) is 41.9 Å². The average Bonchev–Trinajstić information content (AvgIpc) is 3.26. The molecule has 1 aliphatic rings. The first-order valence-electron chi connectivity index (χ1n) is 10.9. The number of rotatable bonds is 10. The molecule has 0 saturated carbocycles. The molecule has 3 rings (SSSR count). The van der Waals surface area contributed by atoms with Crippen molar-refractivity contribution >= 4 is 35.2 Å². The van der Waals surface area contributed by atoms with Gasteiger partial charge in [0.25, 0.3) is 0 Å². The van der Waals surface area contributed by atoms with Crippen molar-refractivity contribution in [2.24, 2.45) is 5.73 Å². The second-order valence-electron chi connectivity index (χ2n) is 8.19. The molecule has 8 heteroatoms. The number of benzene rings is 2. The van der Waals surface area contributed by atoms with Crippen LogP contribution in [0.1, 0.15) is 25.3 Å². The number of nitrogens with one attached hydrogen (secondary N) is 3. The van der Waals surface area contributed by atoms with Crippen LogP contribution >= 0.6 is 23.4 Å². The van der Waals surface area contributed by atoms with Gasteiger partial charge in [0.05, 0.1) is 12.1 Å². The van der Waals surface area contributed by atoms with Gasteiger partial charge in [0, 0.05) is 34.3 Å². The van der Waals surface area contributed by atoms with Gasteiger partial charge in [0.1, 0.15) is 0 Å². The third-order valence-corrected chi connectivity index (χ3v) is 6.87. The van der Waals surface area contributed by atoms with Gasteiger partial charge in [-0.15, -0.1) is 11.8 Å². The number of hydrogen-bond donors (Lipinski definition) is 4. The van der Waals surface area contributed by atoms with Gasteiger partial charge in [0.15, 0.2) is 0 Å². The summed E-state index contributed by atoms with van der Waals surface area (Å²) in [6, 6.07) is 17.1. The molecule has 0 bridgehead atoms. The third kappa shape index (κ3) is 7.81. The third-order valence-electron chi connectivity index (χ3n) is 5.44. The standard InChI is InChI=1S/C24H31ClN4O2S/c1-16(26)23(30)29-20-13-22(27-14-20)24(31)28-19(10-7-17-5-3-2-4-6-17)15-32-21-11-8-18(25)9-12-21/h2-6,8-9,11-12,16,19-20,22,27H,7,10,13-15,26H2,1H3,(H,28,31)(H,29,30)/t16?,19?,20-,22+/m1/s1. The van der Waals surface area contributed by atoms with Gasteiger partial charge in [-0.25, -0.2) is 0 Å². The zero-order valence-electron chi connectivity index (χ0n) is 18.2. The molecule has 4 atom stereocenters. The SMILES string of the molecule is CC(N)C(=O)N[C@H]1CN[C@H](C(=O)NC(CCc2ccccc2)CSc2ccc(Cl)cc2)C1. The lowest BCUT2D eigenvalue weighted by molar-refractivity contribution is -0.124. The molecule has 32 heavy (non-hydrogen) atoms. The van der Waals surface area contributed by atoms with Crippen LogP contribution in [0, 0.1) is 0 Å². The lowest BCUT2D eigenvalue weighted by Crippen LogP contribution is -2.46. The van der Waals surface area contributed by atoms with Gasteiger partial charge >= 0.3 is 0 Å². The fraction of sp³-hybridized carbons (Fsp3) is 0.417. The highest BCUT2D eigenvalue weighted by Crippen LogP contribution is 2.22. The molecule has 1 saturated heterocycles. The van der Waals surface area contributed by atoms with Crippen LogP contribution in [-0.4, -0.2) is 48.3 Å². The predicted molar refractivity (Wildman–Crippen MR) is 131 cm³/mol. The van der Waals surface area contributed by atoms with Gasteiger partial charge < -0.3 is 21.7 Å². The molecule has 5 N–H and O–H groups in total. The molecule has 0 aliphatic carbocycles. The number of carbonyl (C=O) groups excluding carboxylic acids is 2. The highest BCUT2D eigenvalue weighted by Gasteiger charge is 2.31. The number of hydrogen-bond acceptors (Lipinski definition) is 5. The quantitative estimate of drug-likeness (QED) is 0.397. The Balaban J connectivity index is 1.56. The number of nitrogens with two attached hydrogens (primary N) is 1. The van der Waals surface area contributed by atoms with Crippen LogP contribution in [0.15, 0.2) is 59.5 Å². The smallest absolute Gasteiger partial charge is 0.237 e. The lowest BCUT2D eigenvalue weighted by atomic mass is 10.1. The Morgan fingerprint density at radius 2 is 1.91 bits per heavy atom. The fourth-order valence-electron chi connectivity index (χ4n) is 3.59. The fourth-order valence-corrected chi connectivity index (χ4v) is 4.69. The second-order valence-corrected chi connectivity index (χ2v) is 9.72. The van der Waals surface area contributed by atoms with E-state index < -0.39 is 6.04 Å². The summed E-state index contributed by atoms with van der Waals surface area (Å²) >= 11 is 7.69. The zero-order chi connectivity index (χ0) is 22.9. The molecule has 2 aromatic carbocycles. The average molecular weight is 475 g/mol. The Kier molecular flexibility index (Phi) is 9.41. The topological polar surface area (TPSA) is 96.2 Å². The summed E-state index contributed by atoms with van der Waals surface area (Å²) in [5.74, 6) is 0.535. The summed E-state index contributed by atoms with van der Waals surface area (Å²) in [5, 5.41) is 10.0. The van der Waals surface area contributed by atoms with E-state index >= 15 is 0 Å². The van der Waals surface area contributed by atoms with Crippen LogP contribution in [0.4, 0.5) is 0 Å². The second kappa shape index (κ2) is 12.3. The Bertz CT molecular complexity index is 879. The summed E-state index contributed by atoms with van der Waals surface area (Å²) in [6.07, 6.45) is 2.28. The Morgan fingerprint density at radius 1 is 1.19 bits per heavy atom. The molecule has 2 unspecified atom stereocenters. The van der Waals surface area contributed by atoms with E-state index in [4.69, 9.17) is 17.3 Å². The van der Waals surface area contributed by atoms with Gasteiger partial charge in [-0.05, 0) is 56.0 Å². The number of aryl methyl sites for hydroxylation is 1. The molecule has 0 spiro atoms. The van der Waals surface area contributed by atoms with E-state index in [-0.39, 0.29) is 29.9 Å². The van der Waals surface area contributed by atoms with E-state index in [0.717, 1.165) is 23.5 Å². The minimum Gasteiger partial charge on any atom is -0.351 e. The summed E-state index contributed by atoms with van der Waals surface area (Å²) in [4.78, 5) is 25.9. The van der Waals surface area contributed by atoms with Crippen LogP contribution in [0.25, 0.3) is 0 Å². The number of thioether (sulfide) groups is 1. The number of halogens is 1. The molecular weight excluding hydrogens is 444 g/mol. The molecular formula is C24H31ClN4O2S. The summed E-state index contributed by atoms with van der Waals surface area (Å²) in [7, 11) is 0. The minimum atomic E-state index is -0.560. The molecule has 6 nitrogen and oxygen atoms in total. The Labute approximate surface area is 199 Å². The van der Waals surface area contributed by atoms with E-state index in [1.165, 1.54) is 5.56 Å². The van der Waals surface area contributed by atoms with Gasteiger partial charge in [0.2, 0.25) is 11.8 Å². The number of amides is 2. The van der Waals surface area contributed by atoms with Crippen molar-refractivity contribution in [3.63, 3.8) is 0 Å². The van der Waals surface area contributed by atoms with Gasteiger partial charge in [-0.3, -0.25) is 9.59 Å². The molecule has 2 aromatic rings. The maximum absolute atomic E-state index is 13.0. The molecule has 1 heterocycles. The molecule has 0 radical (unpaired) electrons. The zero-order valence-corrected chi connectivity index (χ0v) is 19.8. The first kappa shape index (κ1) is 24.6. The van der Waals surface area contributed by atoms with Crippen molar-refractivity contribution in [2.75, 3.05) is 12.3 Å². The van der Waals surface area contributed by atoms with Crippen molar-refractivity contribution in [3.8, 4) is 0 Å². The summed E-state index contributed by atoms with van der Waals surface area (Å²) < 4.78 is 0. The van der Waals surface area contributed by atoms with Crippen molar-refractivity contribution in [2.45, 2.75) is 55.2 Å². The van der Waals surface area contributed by atoms with E-state index in [0.29, 0.717) is 18.0 Å². The highest BCUT2D eigenvalue weighted by atomic mass is 35.5. The molecule has 0 aromatic heterocycles.